The predicted molar refractivity (Wildman–Crippen MR) is 89.1 cm³/mol. The maximum Gasteiger partial charge on any atom is 0.253 e. The number of piperidine rings is 1. The van der Waals surface area contributed by atoms with Gasteiger partial charge in [-0.05, 0) is 36.5 Å². The Bertz CT molecular complexity index is 622. The zero-order chi connectivity index (χ0) is 16.1. The highest BCUT2D eigenvalue weighted by Gasteiger charge is 2.29. The molecule has 2 aromatic rings. The molecule has 2 heterocycles. The largest absolute Gasteiger partial charge is 0.376 e. The van der Waals surface area contributed by atoms with Crippen LogP contribution in [0.4, 0.5) is 0 Å². The number of rotatable bonds is 4. The van der Waals surface area contributed by atoms with Gasteiger partial charge in [0.15, 0.2) is 0 Å². The fourth-order valence-electron chi connectivity index (χ4n) is 3.33. The van der Waals surface area contributed by atoms with E-state index in [0.717, 1.165) is 25.9 Å². The predicted octanol–water partition coefficient (Wildman–Crippen LogP) is 3.32. The molecule has 1 aliphatic rings. The summed E-state index contributed by atoms with van der Waals surface area (Å²) in [7, 11) is 1.77. The van der Waals surface area contributed by atoms with Gasteiger partial charge in [-0.3, -0.25) is 9.78 Å². The molecule has 1 saturated heterocycles. The Morgan fingerprint density at radius 3 is 2.39 bits per heavy atom. The number of benzene rings is 1. The van der Waals surface area contributed by atoms with Crippen molar-refractivity contribution in [3.8, 4) is 0 Å². The van der Waals surface area contributed by atoms with E-state index in [1.807, 2.05) is 23.1 Å². The number of hydrogen-bond acceptors (Lipinski definition) is 3. The first-order valence-electron chi connectivity index (χ1n) is 8.06. The van der Waals surface area contributed by atoms with Gasteiger partial charge in [0.05, 0.1) is 6.10 Å². The molecule has 0 radical (unpaired) electrons. The van der Waals surface area contributed by atoms with Crippen LogP contribution in [-0.4, -0.2) is 36.0 Å². The van der Waals surface area contributed by atoms with Crippen molar-refractivity contribution in [1.82, 2.24) is 9.88 Å². The van der Waals surface area contributed by atoms with Crippen molar-refractivity contribution in [3.05, 3.63) is 66.0 Å². The van der Waals surface area contributed by atoms with Gasteiger partial charge in [-0.25, -0.2) is 0 Å². The zero-order valence-corrected chi connectivity index (χ0v) is 13.4. The van der Waals surface area contributed by atoms with Crippen molar-refractivity contribution >= 4 is 5.91 Å². The van der Waals surface area contributed by atoms with E-state index in [-0.39, 0.29) is 12.0 Å². The van der Waals surface area contributed by atoms with Gasteiger partial charge < -0.3 is 9.64 Å². The minimum Gasteiger partial charge on any atom is -0.376 e. The van der Waals surface area contributed by atoms with E-state index < -0.39 is 0 Å². The second kappa shape index (κ2) is 7.38. The zero-order valence-electron chi connectivity index (χ0n) is 13.4. The van der Waals surface area contributed by atoms with E-state index >= 15 is 0 Å². The Kier molecular flexibility index (Phi) is 5.03. The van der Waals surface area contributed by atoms with Crippen molar-refractivity contribution in [2.24, 2.45) is 5.92 Å². The summed E-state index contributed by atoms with van der Waals surface area (Å²) in [6.07, 6.45) is 5.36. The lowest BCUT2D eigenvalue weighted by atomic mass is 9.87. The highest BCUT2D eigenvalue weighted by molar-refractivity contribution is 5.94. The molecule has 1 amide bonds. The van der Waals surface area contributed by atoms with Crippen LogP contribution in [0.5, 0.6) is 0 Å². The number of amides is 1. The van der Waals surface area contributed by atoms with Crippen LogP contribution in [0.3, 0.4) is 0 Å². The van der Waals surface area contributed by atoms with E-state index in [4.69, 9.17) is 4.74 Å². The van der Waals surface area contributed by atoms with Gasteiger partial charge in [-0.1, -0.05) is 30.3 Å². The van der Waals surface area contributed by atoms with Crippen LogP contribution in [0.15, 0.2) is 54.9 Å². The summed E-state index contributed by atoms with van der Waals surface area (Å²) in [6, 6.07) is 13.9. The summed E-state index contributed by atoms with van der Waals surface area (Å²) in [5.41, 5.74) is 1.93. The first kappa shape index (κ1) is 15.7. The quantitative estimate of drug-likeness (QED) is 0.870. The Balaban J connectivity index is 1.63. The number of methoxy groups -OCH3 is 1. The van der Waals surface area contributed by atoms with E-state index in [9.17, 15) is 4.79 Å². The lowest BCUT2D eigenvalue weighted by molar-refractivity contribution is 0.0195. The lowest BCUT2D eigenvalue weighted by Gasteiger charge is -2.35. The van der Waals surface area contributed by atoms with Crippen LogP contribution < -0.4 is 0 Å². The molecule has 1 aromatic heterocycles. The third kappa shape index (κ3) is 3.59. The molecule has 4 heteroatoms. The summed E-state index contributed by atoms with van der Waals surface area (Å²) in [4.78, 5) is 18.4. The van der Waals surface area contributed by atoms with E-state index in [1.165, 1.54) is 5.56 Å². The van der Waals surface area contributed by atoms with Crippen molar-refractivity contribution in [3.63, 3.8) is 0 Å². The van der Waals surface area contributed by atoms with Crippen LogP contribution in [0, 0.1) is 5.92 Å². The molecule has 1 fully saturated rings. The molecule has 3 rings (SSSR count). The van der Waals surface area contributed by atoms with Gasteiger partial charge in [0.25, 0.3) is 5.91 Å². The molecular weight excluding hydrogens is 288 g/mol. The molecule has 0 bridgehead atoms. The number of carbonyl (C=O) groups excluding carboxylic acids is 1. The summed E-state index contributed by atoms with van der Waals surface area (Å²) < 4.78 is 5.74. The van der Waals surface area contributed by atoms with Crippen LogP contribution in [0.1, 0.15) is 34.9 Å². The second-order valence-corrected chi connectivity index (χ2v) is 5.93. The van der Waals surface area contributed by atoms with Crippen molar-refractivity contribution < 1.29 is 9.53 Å². The highest BCUT2D eigenvalue weighted by Crippen LogP contribution is 2.33. The maximum absolute atomic E-state index is 12.5. The fraction of sp³-hybridized carbons (Fsp3) is 0.368. The number of pyridine rings is 1. The highest BCUT2D eigenvalue weighted by atomic mass is 16.5. The van der Waals surface area contributed by atoms with Gasteiger partial charge in [0.2, 0.25) is 0 Å². The fourth-order valence-corrected chi connectivity index (χ4v) is 3.33. The second-order valence-electron chi connectivity index (χ2n) is 5.93. The average molecular weight is 310 g/mol. The molecule has 1 unspecified atom stereocenters. The standard InChI is InChI=1S/C19H22N2O2/c1-23-18(15-5-3-2-4-6-15)16-9-13-21(14-10-16)19(22)17-7-11-20-12-8-17/h2-8,11-12,16,18H,9-10,13-14H2,1H3. The summed E-state index contributed by atoms with van der Waals surface area (Å²) in [5, 5.41) is 0. The third-order valence-corrected chi connectivity index (χ3v) is 4.56. The van der Waals surface area contributed by atoms with Crippen molar-refractivity contribution in [1.29, 1.82) is 0 Å². The molecule has 0 spiro atoms. The smallest absolute Gasteiger partial charge is 0.253 e. The van der Waals surface area contributed by atoms with Gasteiger partial charge in [0, 0.05) is 38.2 Å². The number of nitrogens with zero attached hydrogens (tertiary/aromatic N) is 2. The van der Waals surface area contributed by atoms with Crippen LogP contribution >= 0.6 is 0 Å². The monoisotopic (exact) mass is 310 g/mol. The average Bonchev–Trinajstić information content (AvgIpc) is 2.64. The minimum atomic E-state index is 0.0968. The molecule has 1 atom stereocenters. The molecule has 0 N–H and O–H groups in total. The van der Waals surface area contributed by atoms with Crippen LogP contribution in [0.2, 0.25) is 0 Å². The van der Waals surface area contributed by atoms with Crippen molar-refractivity contribution in [2.75, 3.05) is 20.2 Å². The maximum atomic E-state index is 12.5. The molecule has 120 valence electrons. The van der Waals surface area contributed by atoms with E-state index in [1.54, 1.807) is 31.6 Å². The first-order valence-corrected chi connectivity index (χ1v) is 8.06. The summed E-state index contributed by atoms with van der Waals surface area (Å²) in [5.74, 6) is 0.545. The van der Waals surface area contributed by atoms with Gasteiger partial charge in [0.1, 0.15) is 0 Å². The van der Waals surface area contributed by atoms with E-state index in [0.29, 0.717) is 11.5 Å². The molecule has 0 saturated carbocycles. The Morgan fingerprint density at radius 1 is 1.13 bits per heavy atom. The van der Waals surface area contributed by atoms with Crippen LogP contribution in [-0.2, 0) is 4.74 Å². The van der Waals surface area contributed by atoms with Gasteiger partial charge >= 0.3 is 0 Å². The van der Waals surface area contributed by atoms with Crippen molar-refractivity contribution in [2.45, 2.75) is 18.9 Å². The lowest BCUT2D eigenvalue weighted by Crippen LogP contribution is -2.40. The number of hydrogen-bond donors (Lipinski definition) is 0. The number of likely N-dealkylation sites (tertiary alicyclic amines) is 1. The normalized spacial score (nSPS) is 17.0. The topological polar surface area (TPSA) is 42.4 Å². The third-order valence-electron chi connectivity index (χ3n) is 4.56. The molecule has 0 aliphatic carbocycles. The Labute approximate surface area is 137 Å². The SMILES string of the molecule is COC(c1ccccc1)C1CCN(C(=O)c2ccncc2)CC1. The van der Waals surface area contributed by atoms with E-state index in [2.05, 4.69) is 17.1 Å². The number of aromatic nitrogens is 1. The Morgan fingerprint density at radius 2 is 1.78 bits per heavy atom. The first-order chi connectivity index (χ1) is 11.3. The minimum absolute atomic E-state index is 0.0968. The molecule has 1 aromatic carbocycles. The van der Waals surface area contributed by atoms with Crippen LogP contribution in [0.25, 0.3) is 0 Å². The summed E-state index contributed by atoms with van der Waals surface area (Å²) in [6.45, 7) is 1.55. The Hall–Kier alpha value is -2.20. The molecule has 4 nitrogen and oxygen atoms in total. The van der Waals surface area contributed by atoms with Gasteiger partial charge in [-0.2, -0.15) is 0 Å². The number of ether oxygens (including phenoxy) is 1. The number of carbonyl (C=O) groups is 1. The summed E-state index contributed by atoms with van der Waals surface area (Å²) >= 11 is 0. The van der Waals surface area contributed by atoms with Gasteiger partial charge in [-0.15, -0.1) is 0 Å². The molecular formula is C19H22N2O2. The molecule has 23 heavy (non-hydrogen) atoms. The molecule has 1 aliphatic heterocycles.